The lowest BCUT2D eigenvalue weighted by Gasteiger charge is -2.25. The first-order valence-electron chi connectivity index (χ1n) is 9.61. The Bertz CT molecular complexity index is 1070. The number of benzene rings is 2. The molecule has 156 valence electrons. The molecule has 3 aromatic rings. The molecule has 4 rings (SSSR count). The van der Waals surface area contributed by atoms with E-state index >= 15 is 0 Å². The molecule has 2 atom stereocenters. The first kappa shape index (κ1) is 19.9. The highest BCUT2D eigenvalue weighted by molar-refractivity contribution is 5.80. The lowest BCUT2D eigenvalue weighted by atomic mass is 10.1. The lowest BCUT2D eigenvalue weighted by Crippen LogP contribution is -2.28. The summed E-state index contributed by atoms with van der Waals surface area (Å²) in [5.41, 5.74) is 1.47. The Labute approximate surface area is 173 Å². The normalized spacial score (nSPS) is 17.3. The summed E-state index contributed by atoms with van der Waals surface area (Å²) in [7, 11) is 3.16. The Kier molecular flexibility index (Phi) is 5.39. The van der Waals surface area contributed by atoms with Gasteiger partial charge in [-0.3, -0.25) is 4.79 Å². The molecular formula is C22H22FN3O4. The van der Waals surface area contributed by atoms with Crippen LogP contribution in [-0.2, 0) is 4.79 Å². The highest BCUT2D eigenvalue weighted by Crippen LogP contribution is 2.36. The van der Waals surface area contributed by atoms with E-state index in [0.717, 1.165) is 5.56 Å². The first-order chi connectivity index (χ1) is 14.5. The van der Waals surface area contributed by atoms with Gasteiger partial charge >= 0.3 is 0 Å². The van der Waals surface area contributed by atoms with Crippen molar-refractivity contribution in [3.8, 4) is 22.9 Å². The fourth-order valence-corrected chi connectivity index (χ4v) is 3.71. The quantitative estimate of drug-likeness (QED) is 0.611. The van der Waals surface area contributed by atoms with E-state index in [0.29, 0.717) is 35.3 Å². The minimum atomic E-state index is -0.371. The number of rotatable bonds is 6. The average Bonchev–Trinajstić information content (AvgIpc) is 3.39. The zero-order valence-corrected chi connectivity index (χ0v) is 17.0. The van der Waals surface area contributed by atoms with Crippen molar-refractivity contribution in [1.29, 1.82) is 0 Å². The Morgan fingerprint density at radius 3 is 2.70 bits per heavy atom. The molecule has 8 heteroatoms. The number of nitrogens with zero attached hydrogens (tertiary/aromatic N) is 3. The van der Waals surface area contributed by atoms with Crippen LogP contribution in [0.5, 0.6) is 11.5 Å². The number of hydrogen-bond donors (Lipinski definition) is 0. The SMILES string of the molecule is COc1ccc(C(C)N2CC(c3nc(-c4cccc(F)c4)no3)CC2=O)cc1OC. The summed E-state index contributed by atoms with van der Waals surface area (Å²) in [6.07, 6.45) is 0.280. The van der Waals surface area contributed by atoms with Gasteiger partial charge in [-0.15, -0.1) is 0 Å². The number of carbonyl (C=O) groups excluding carboxylic acids is 1. The summed E-state index contributed by atoms with van der Waals surface area (Å²) >= 11 is 0. The second-order valence-corrected chi connectivity index (χ2v) is 7.20. The van der Waals surface area contributed by atoms with Crippen molar-refractivity contribution >= 4 is 5.91 Å². The first-order valence-corrected chi connectivity index (χ1v) is 9.61. The minimum Gasteiger partial charge on any atom is -0.493 e. The summed E-state index contributed by atoms with van der Waals surface area (Å²) in [5.74, 6) is 1.36. The third kappa shape index (κ3) is 3.72. The van der Waals surface area contributed by atoms with E-state index in [4.69, 9.17) is 14.0 Å². The molecule has 0 N–H and O–H groups in total. The fourth-order valence-electron chi connectivity index (χ4n) is 3.71. The van der Waals surface area contributed by atoms with Crippen LogP contribution < -0.4 is 9.47 Å². The molecule has 1 saturated heterocycles. The molecule has 2 unspecified atom stereocenters. The smallest absolute Gasteiger partial charge is 0.232 e. The van der Waals surface area contributed by atoms with Gasteiger partial charge in [0.05, 0.1) is 26.2 Å². The summed E-state index contributed by atoms with van der Waals surface area (Å²) in [5, 5.41) is 3.95. The molecule has 0 bridgehead atoms. The Balaban J connectivity index is 1.52. The van der Waals surface area contributed by atoms with Crippen molar-refractivity contribution in [2.45, 2.75) is 25.3 Å². The second-order valence-electron chi connectivity index (χ2n) is 7.20. The molecule has 1 amide bonds. The number of ether oxygens (including phenoxy) is 2. The van der Waals surface area contributed by atoms with Gasteiger partial charge in [-0.25, -0.2) is 4.39 Å². The zero-order valence-electron chi connectivity index (χ0n) is 17.0. The number of hydrogen-bond acceptors (Lipinski definition) is 6. The van der Waals surface area contributed by atoms with Crippen molar-refractivity contribution in [3.63, 3.8) is 0 Å². The van der Waals surface area contributed by atoms with E-state index in [1.54, 1.807) is 31.3 Å². The maximum absolute atomic E-state index is 13.5. The number of aromatic nitrogens is 2. The van der Waals surface area contributed by atoms with Crippen LogP contribution in [0.15, 0.2) is 47.0 Å². The Morgan fingerprint density at radius 1 is 1.17 bits per heavy atom. The van der Waals surface area contributed by atoms with E-state index in [1.807, 2.05) is 25.1 Å². The highest BCUT2D eigenvalue weighted by atomic mass is 19.1. The number of halogens is 1. The van der Waals surface area contributed by atoms with Gasteiger partial charge in [0.2, 0.25) is 17.6 Å². The van der Waals surface area contributed by atoms with Gasteiger partial charge in [-0.05, 0) is 36.8 Å². The average molecular weight is 411 g/mol. The van der Waals surface area contributed by atoms with Crippen LogP contribution in [0.3, 0.4) is 0 Å². The zero-order chi connectivity index (χ0) is 21.3. The van der Waals surface area contributed by atoms with Gasteiger partial charge in [0.25, 0.3) is 0 Å². The van der Waals surface area contributed by atoms with E-state index in [-0.39, 0.29) is 30.1 Å². The Hall–Kier alpha value is -3.42. The minimum absolute atomic E-state index is 0.00721. The van der Waals surface area contributed by atoms with Crippen LogP contribution in [0, 0.1) is 5.82 Å². The maximum atomic E-state index is 13.5. The highest BCUT2D eigenvalue weighted by Gasteiger charge is 2.37. The van der Waals surface area contributed by atoms with Crippen LogP contribution in [0.2, 0.25) is 0 Å². The third-order valence-electron chi connectivity index (χ3n) is 5.39. The fraction of sp³-hybridized carbons (Fsp3) is 0.318. The summed E-state index contributed by atoms with van der Waals surface area (Å²) in [6.45, 7) is 2.42. The standard InChI is InChI=1S/C22H22FN3O4/c1-13(14-7-8-18(28-2)19(10-14)29-3)26-12-16(11-20(26)27)22-24-21(25-30-22)15-5-4-6-17(23)9-15/h4-10,13,16H,11-12H2,1-3H3. The lowest BCUT2D eigenvalue weighted by molar-refractivity contribution is -0.129. The predicted molar refractivity (Wildman–Crippen MR) is 107 cm³/mol. The molecule has 7 nitrogen and oxygen atoms in total. The van der Waals surface area contributed by atoms with Crippen molar-refractivity contribution < 1.29 is 23.2 Å². The molecule has 1 aliphatic heterocycles. The molecule has 2 aromatic carbocycles. The van der Waals surface area contributed by atoms with Gasteiger partial charge in [0.1, 0.15) is 5.82 Å². The monoisotopic (exact) mass is 411 g/mol. The van der Waals surface area contributed by atoms with Gasteiger partial charge in [-0.2, -0.15) is 4.98 Å². The molecule has 2 heterocycles. The van der Waals surface area contributed by atoms with Crippen LogP contribution in [0.4, 0.5) is 4.39 Å². The largest absolute Gasteiger partial charge is 0.493 e. The molecule has 0 aliphatic carbocycles. The van der Waals surface area contributed by atoms with Gasteiger partial charge in [0, 0.05) is 18.5 Å². The predicted octanol–water partition coefficient (Wildman–Crippen LogP) is 3.97. The van der Waals surface area contributed by atoms with E-state index < -0.39 is 0 Å². The number of likely N-dealkylation sites (tertiary alicyclic amines) is 1. The second kappa shape index (κ2) is 8.14. The van der Waals surface area contributed by atoms with Crippen LogP contribution >= 0.6 is 0 Å². The topological polar surface area (TPSA) is 77.7 Å². The van der Waals surface area contributed by atoms with E-state index in [2.05, 4.69) is 10.1 Å². The summed E-state index contributed by atoms with van der Waals surface area (Å²) < 4.78 is 29.5. The number of carbonyl (C=O) groups is 1. The van der Waals surface area contributed by atoms with Crippen LogP contribution in [0.1, 0.15) is 36.8 Å². The Morgan fingerprint density at radius 2 is 1.97 bits per heavy atom. The van der Waals surface area contributed by atoms with Gasteiger partial charge in [0.15, 0.2) is 11.5 Å². The van der Waals surface area contributed by atoms with Crippen LogP contribution in [-0.4, -0.2) is 41.7 Å². The molecule has 0 radical (unpaired) electrons. The van der Waals surface area contributed by atoms with Crippen molar-refractivity contribution in [2.24, 2.45) is 0 Å². The third-order valence-corrected chi connectivity index (χ3v) is 5.39. The van der Waals surface area contributed by atoms with Crippen molar-refractivity contribution in [3.05, 3.63) is 59.7 Å². The van der Waals surface area contributed by atoms with Crippen molar-refractivity contribution in [1.82, 2.24) is 15.0 Å². The van der Waals surface area contributed by atoms with E-state index in [1.165, 1.54) is 12.1 Å². The molecule has 1 fully saturated rings. The molecule has 1 aromatic heterocycles. The molecular weight excluding hydrogens is 389 g/mol. The molecule has 0 saturated carbocycles. The van der Waals surface area contributed by atoms with E-state index in [9.17, 15) is 9.18 Å². The van der Waals surface area contributed by atoms with Gasteiger partial charge in [-0.1, -0.05) is 23.4 Å². The maximum Gasteiger partial charge on any atom is 0.232 e. The van der Waals surface area contributed by atoms with Crippen LogP contribution in [0.25, 0.3) is 11.4 Å². The van der Waals surface area contributed by atoms with Gasteiger partial charge < -0.3 is 18.9 Å². The molecule has 30 heavy (non-hydrogen) atoms. The number of amides is 1. The molecule has 0 spiro atoms. The summed E-state index contributed by atoms with van der Waals surface area (Å²) in [6, 6.07) is 11.5. The molecule has 1 aliphatic rings. The number of methoxy groups -OCH3 is 2. The van der Waals surface area contributed by atoms with Crippen molar-refractivity contribution in [2.75, 3.05) is 20.8 Å². The summed E-state index contributed by atoms with van der Waals surface area (Å²) in [4.78, 5) is 18.9.